The maximum atomic E-state index is 12.2. The van der Waals surface area contributed by atoms with Gasteiger partial charge in [0.05, 0.1) is 19.7 Å². The standard InChI is InChI=1S/C20H17ClN2O5/c1-26-14-7-8-16-15(9-14)18(10-17(23-16)20(25)27-2)28-11-19(24)22-13-5-3-12(21)4-6-13/h3-10H,11H2,1-2H3,(H,22,24). The zero-order valence-electron chi connectivity index (χ0n) is 15.2. The average molecular weight is 401 g/mol. The van der Waals surface area contributed by atoms with E-state index in [1.807, 2.05) is 0 Å². The fourth-order valence-corrected chi connectivity index (χ4v) is 2.63. The van der Waals surface area contributed by atoms with Crippen molar-refractivity contribution in [3.63, 3.8) is 0 Å². The molecule has 0 saturated heterocycles. The number of nitrogens with zero attached hydrogens (tertiary/aromatic N) is 1. The first-order chi connectivity index (χ1) is 13.5. The number of rotatable bonds is 6. The van der Waals surface area contributed by atoms with Crippen LogP contribution in [0.25, 0.3) is 10.9 Å². The molecule has 0 saturated carbocycles. The minimum atomic E-state index is -0.604. The molecule has 8 heteroatoms. The van der Waals surface area contributed by atoms with Crippen molar-refractivity contribution in [1.82, 2.24) is 4.98 Å². The molecule has 1 amide bonds. The summed E-state index contributed by atoms with van der Waals surface area (Å²) in [7, 11) is 2.81. The minimum absolute atomic E-state index is 0.0771. The zero-order chi connectivity index (χ0) is 20.1. The topological polar surface area (TPSA) is 86.8 Å². The second-order valence-corrected chi connectivity index (χ2v) is 6.16. The molecule has 1 aromatic heterocycles. The summed E-state index contributed by atoms with van der Waals surface area (Å²) in [4.78, 5) is 28.4. The highest BCUT2D eigenvalue weighted by Gasteiger charge is 2.15. The van der Waals surface area contributed by atoms with Gasteiger partial charge < -0.3 is 19.5 Å². The van der Waals surface area contributed by atoms with Gasteiger partial charge in [-0.15, -0.1) is 0 Å². The normalized spacial score (nSPS) is 10.4. The number of methoxy groups -OCH3 is 2. The number of halogens is 1. The van der Waals surface area contributed by atoms with Gasteiger partial charge in [0, 0.05) is 22.2 Å². The number of pyridine rings is 1. The van der Waals surface area contributed by atoms with Crippen molar-refractivity contribution in [3.8, 4) is 11.5 Å². The van der Waals surface area contributed by atoms with Crippen LogP contribution in [0.3, 0.4) is 0 Å². The van der Waals surface area contributed by atoms with Gasteiger partial charge in [0.25, 0.3) is 5.91 Å². The first-order valence-electron chi connectivity index (χ1n) is 8.25. The molecule has 0 aliphatic heterocycles. The summed E-state index contributed by atoms with van der Waals surface area (Å²) in [5.74, 6) is -0.0610. The number of benzene rings is 2. The van der Waals surface area contributed by atoms with Crippen LogP contribution < -0.4 is 14.8 Å². The number of fused-ring (bicyclic) bond motifs is 1. The molecule has 7 nitrogen and oxygen atoms in total. The summed E-state index contributed by atoms with van der Waals surface area (Å²) in [6, 6.07) is 13.3. The lowest BCUT2D eigenvalue weighted by atomic mass is 10.1. The molecular formula is C20H17ClN2O5. The molecular weight excluding hydrogens is 384 g/mol. The Bertz CT molecular complexity index is 1020. The number of aromatic nitrogens is 1. The maximum absolute atomic E-state index is 12.2. The summed E-state index contributed by atoms with van der Waals surface area (Å²) >= 11 is 5.83. The molecule has 2 aromatic carbocycles. The van der Waals surface area contributed by atoms with E-state index in [1.165, 1.54) is 20.3 Å². The molecule has 0 aliphatic carbocycles. The Labute approximate surface area is 166 Å². The second kappa shape index (κ2) is 8.58. The molecule has 1 heterocycles. The predicted octanol–water partition coefficient (Wildman–Crippen LogP) is 3.70. The van der Waals surface area contributed by atoms with Crippen LogP contribution in [0.15, 0.2) is 48.5 Å². The van der Waals surface area contributed by atoms with E-state index < -0.39 is 5.97 Å². The van der Waals surface area contributed by atoms with Crippen LogP contribution >= 0.6 is 11.6 Å². The Hall–Kier alpha value is -3.32. The number of ether oxygens (including phenoxy) is 3. The van der Waals surface area contributed by atoms with Crippen LogP contribution in [0.4, 0.5) is 5.69 Å². The molecule has 28 heavy (non-hydrogen) atoms. The van der Waals surface area contributed by atoms with Gasteiger partial charge in [-0.3, -0.25) is 4.79 Å². The third-order valence-electron chi connectivity index (χ3n) is 3.86. The van der Waals surface area contributed by atoms with Crippen molar-refractivity contribution in [1.29, 1.82) is 0 Å². The molecule has 0 atom stereocenters. The molecule has 144 valence electrons. The lowest BCUT2D eigenvalue weighted by Crippen LogP contribution is -2.20. The molecule has 1 N–H and O–H groups in total. The summed E-state index contributed by atoms with van der Waals surface area (Å²) in [6.07, 6.45) is 0. The smallest absolute Gasteiger partial charge is 0.356 e. The van der Waals surface area contributed by atoms with E-state index in [2.05, 4.69) is 10.3 Å². The van der Waals surface area contributed by atoms with Crippen molar-refractivity contribution in [2.24, 2.45) is 0 Å². The highest BCUT2D eigenvalue weighted by atomic mass is 35.5. The van der Waals surface area contributed by atoms with Crippen LogP contribution in [0.2, 0.25) is 5.02 Å². The van der Waals surface area contributed by atoms with E-state index in [-0.39, 0.29) is 18.2 Å². The summed E-state index contributed by atoms with van der Waals surface area (Å²) < 4.78 is 15.6. The van der Waals surface area contributed by atoms with Gasteiger partial charge in [0.15, 0.2) is 12.3 Å². The Morgan fingerprint density at radius 1 is 1.07 bits per heavy atom. The molecule has 0 spiro atoms. The fraction of sp³-hybridized carbons (Fsp3) is 0.150. The van der Waals surface area contributed by atoms with E-state index in [4.69, 9.17) is 25.8 Å². The summed E-state index contributed by atoms with van der Waals surface area (Å²) in [6.45, 7) is -0.264. The predicted molar refractivity (Wildman–Crippen MR) is 105 cm³/mol. The first-order valence-corrected chi connectivity index (χ1v) is 8.63. The molecule has 3 aromatic rings. The Morgan fingerprint density at radius 2 is 1.82 bits per heavy atom. The maximum Gasteiger partial charge on any atom is 0.356 e. The number of carbonyl (C=O) groups is 2. The number of carbonyl (C=O) groups excluding carboxylic acids is 2. The summed E-state index contributed by atoms with van der Waals surface area (Å²) in [5, 5.41) is 3.88. The highest BCUT2D eigenvalue weighted by Crippen LogP contribution is 2.29. The largest absolute Gasteiger partial charge is 0.497 e. The SMILES string of the molecule is COC(=O)c1cc(OCC(=O)Nc2ccc(Cl)cc2)c2cc(OC)ccc2n1. The van der Waals surface area contributed by atoms with Gasteiger partial charge >= 0.3 is 5.97 Å². The molecule has 0 fully saturated rings. The van der Waals surface area contributed by atoms with Gasteiger partial charge in [-0.25, -0.2) is 9.78 Å². The molecule has 0 unspecified atom stereocenters. The van der Waals surface area contributed by atoms with Gasteiger partial charge in [-0.2, -0.15) is 0 Å². The number of hydrogen-bond acceptors (Lipinski definition) is 6. The van der Waals surface area contributed by atoms with Crippen LogP contribution in [0.1, 0.15) is 10.5 Å². The van der Waals surface area contributed by atoms with E-state index in [1.54, 1.807) is 42.5 Å². The van der Waals surface area contributed by atoms with E-state index >= 15 is 0 Å². The Kier molecular flexibility index (Phi) is 5.96. The monoisotopic (exact) mass is 400 g/mol. The third kappa shape index (κ3) is 4.50. The number of amides is 1. The summed E-state index contributed by atoms with van der Waals surface area (Å²) in [5.41, 5.74) is 1.18. The third-order valence-corrected chi connectivity index (χ3v) is 4.11. The lowest BCUT2D eigenvalue weighted by molar-refractivity contribution is -0.118. The van der Waals surface area contributed by atoms with Crippen molar-refractivity contribution >= 4 is 40.1 Å². The van der Waals surface area contributed by atoms with Crippen molar-refractivity contribution in [3.05, 3.63) is 59.2 Å². The average Bonchev–Trinajstić information content (AvgIpc) is 2.72. The van der Waals surface area contributed by atoms with Crippen LogP contribution in [0, 0.1) is 0 Å². The van der Waals surface area contributed by atoms with Crippen molar-refractivity contribution in [2.75, 3.05) is 26.1 Å². The number of nitrogens with one attached hydrogen (secondary N) is 1. The van der Waals surface area contributed by atoms with Gasteiger partial charge in [-0.1, -0.05) is 11.6 Å². The van der Waals surface area contributed by atoms with Crippen LogP contribution in [0.5, 0.6) is 11.5 Å². The van der Waals surface area contributed by atoms with E-state index in [0.29, 0.717) is 33.1 Å². The highest BCUT2D eigenvalue weighted by molar-refractivity contribution is 6.30. The van der Waals surface area contributed by atoms with Crippen LogP contribution in [-0.2, 0) is 9.53 Å². The molecule has 0 bridgehead atoms. The van der Waals surface area contributed by atoms with Gasteiger partial charge in [0.2, 0.25) is 0 Å². The quantitative estimate of drug-likeness (QED) is 0.635. The minimum Gasteiger partial charge on any atom is -0.497 e. The first kappa shape index (κ1) is 19.4. The Morgan fingerprint density at radius 3 is 2.50 bits per heavy atom. The van der Waals surface area contributed by atoms with E-state index in [0.717, 1.165) is 0 Å². The molecule has 0 aliphatic rings. The lowest BCUT2D eigenvalue weighted by Gasteiger charge is -2.12. The van der Waals surface area contributed by atoms with E-state index in [9.17, 15) is 9.59 Å². The van der Waals surface area contributed by atoms with Crippen LogP contribution in [-0.4, -0.2) is 37.7 Å². The molecule has 3 rings (SSSR count). The van der Waals surface area contributed by atoms with Crippen molar-refractivity contribution in [2.45, 2.75) is 0 Å². The van der Waals surface area contributed by atoms with Gasteiger partial charge in [-0.05, 0) is 42.5 Å². The molecule has 0 radical (unpaired) electrons. The van der Waals surface area contributed by atoms with Crippen molar-refractivity contribution < 1.29 is 23.8 Å². The number of anilines is 1. The number of hydrogen-bond donors (Lipinski definition) is 1. The second-order valence-electron chi connectivity index (χ2n) is 5.72. The zero-order valence-corrected chi connectivity index (χ0v) is 15.9. The fourth-order valence-electron chi connectivity index (χ4n) is 2.50. The Balaban J connectivity index is 1.84. The number of esters is 1. The van der Waals surface area contributed by atoms with Gasteiger partial charge in [0.1, 0.15) is 11.5 Å².